The van der Waals surface area contributed by atoms with Crippen molar-refractivity contribution in [2.24, 2.45) is 5.92 Å². The molecule has 0 aliphatic heterocycles. The molecular formula is C12H20ClN3O. The van der Waals surface area contributed by atoms with E-state index < -0.39 is 0 Å². The second-order valence-corrected chi connectivity index (χ2v) is 4.96. The normalized spacial score (nSPS) is 18.1. The van der Waals surface area contributed by atoms with E-state index in [9.17, 15) is 0 Å². The van der Waals surface area contributed by atoms with Gasteiger partial charge >= 0.3 is 0 Å². The van der Waals surface area contributed by atoms with E-state index in [4.69, 9.17) is 16.3 Å². The van der Waals surface area contributed by atoms with E-state index in [-0.39, 0.29) is 0 Å². The average molecular weight is 258 g/mol. The first kappa shape index (κ1) is 12.9. The fourth-order valence-electron chi connectivity index (χ4n) is 2.41. The third-order valence-corrected chi connectivity index (χ3v) is 3.86. The Bertz CT molecular complexity index is 363. The third-order valence-electron chi connectivity index (χ3n) is 3.57. The molecule has 1 N–H and O–H groups in total. The zero-order valence-electron chi connectivity index (χ0n) is 10.4. The van der Waals surface area contributed by atoms with Gasteiger partial charge < -0.3 is 10.1 Å². The van der Waals surface area contributed by atoms with Gasteiger partial charge in [-0.05, 0) is 25.8 Å². The Morgan fingerprint density at radius 1 is 1.65 bits per heavy atom. The zero-order chi connectivity index (χ0) is 12.3. The van der Waals surface area contributed by atoms with E-state index in [2.05, 4.69) is 10.4 Å². The molecule has 0 saturated heterocycles. The van der Waals surface area contributed by atoms with Crippen molar-refractivity contribution in [3.63, 3.8) is 0 Å². The van der Waals surface area contributed by atoms with Crippen molar-refractivity contribution in [1.29, 1.82) is 0 Å². The van der Waals surface area contributed by atoms with Crippen molar-refractivity contribution in [3.8, 4) is 0 Å². The van der Waals surface area contributed by atoms with Crippen LogP contribution in [0.15, 0.2) is 6.20 Å². The summed E-state index contributed by atoms with van der Waals surface area (Å²) in [5, 5.41) is 8.46. The molecule has 0 aromatic carbocycles. The lowest BCUT2D eigenvalue weighted by atomic mass is 9.78. The Morgan fingerprint density at radius 3 is 2.94 bits per heavy atom. The van der Waals surface area contributed by atoms with Crippen LogP contribution in [0.2, 0.25) is 5.02 Å². The highest BCUT2D eigenvalue weighted by Crippen LogP contribution is 2.39. The maximum Gasteiger partial charge on any atom is 0.0834 e. The molecule has 1 aliphatic carbocycles. The number of hydrogen-bond acceptors (Lipinski definition) is 3. The van der Waals surface area contributed by atoms with E-state index in [0.717, 1.165) is 17.3 Å². The van der Waals surface area contributed by atoms with Crippen LogP contribution < -0.4 is 5.32 Å². The Kier molecular flexibility index (Phi) is 4.42. The number of rotatable bonds is 6. The number of halogens is 1. The summed E-state index contributed by atoms with van der Waals surface area (Å²) < 4.78 is 7.06. The molecule has 1 heterocycles. The van der Waals surface area contributed by atoms with Crippen LogP contribution in [0.1, 0.15) is 31.0 Å². The molecule has 1 aromatic heterocycles. The minimum atomic E-state index is 0.315. The van der Waals surface area contributed by atoms with Crippen LogP contribution >= 0.6 is 11.6 Å². The molecule has 1 fully saturated rings. The minimum absolute atomic E-state index is 0.315. The Labute approximate surface area is 107 Å². The summed E-state index contributed by atoms with van der Waals surface area (Å²) >= 11 is 6.26. The Hall–Kier alpha value is -0.580. The second-order valence-electron chi connectivity index (χ2n) is 4.55. The van der Waals surface area contributed by atoms with Crippen molar-refractivity contribution in [3.05, 3.63) is 16.9 Å². The fraction of sp³-hybridized carbons (Fsp3) is 0.750. The molecule has 1 aliphatic rings. The Balaban J connectivity index is 2.18. The number of nitrogens with zero attached hydrogens (tertiary/aromatic N) is 2. The highest BCUT2D eigenvalue weighted by Gasteiger charge is 2.31. The summed E-state index contributed by atoms with van der Waals surface area (Å²) in [5.41, 5.74) is 1.11. The molecule has 5 heteroatoms. The number of methoxy groups -OCH3 is 1. The van der Waals surface area contributed by atoms with Crippen molar-refractivity contribution in [2.45, 2.75) is 31.8 Å². The zero-order valence-corrected chi connectivity index (χ0v) is 11.2. The van der Waals surface area contributed by atoms with Crippen molar-refractivity contribution >= 4 is 11.6 Å². The van der Waals surface area contributed by atoms with Crippen LogP contribution in [-0.4, -0.2) is 30.5 Å². The molecule has 0 bridgehead atoms. The van der Waals surface area contributed by atoms with Crippen LogP contribution in [0, 0.1) is 5.92 Å². The van der Waals surface area contributed by atoms with Crippen molar-refractivity contribution in [1.82, 2.24) is 15.1 Å². The maximum atomic E-state index is 6.26. The predicted octanol–water partition coefficient (Wildman–Crippen LogP) is 2.24. The molecule has 4 nitrogen and oxygen atoms in total. The molecule has 1 atom stereocenters. The van der Waals surface area contributed by atoms with Gasteiger partial charge in [-0.15, -0.1) is 0 Å². The van der Waals surface area contributed by atoms with E-state index in [1.165, 1.54) is 19.3 Å². The molecule has 1 aromatic rings. The van der Waals surface area contributed by atoms with Gasteiger partial charge in [0.1, 0.15) is 0 Å². The van der Waals surface area contributed by atoms with E-state index in [0.29, 0.717) is 18.6 Å². The first-order valence-electron chi connectivity index (χ1n) is 6.15. The molecule has 2 rings (SSSR count). The molecule has 96 valence electrons. The molecule has 0 radical (unpaired) electrons. The lowest BCUT2D eigenvalue weighted by Crippen LogP contribution is -2.32. The lowest BCUT2D eigenvalue weighted by Gasteiger charge is -2.34. The van der Waals surface area contributed by atoms with Crippen LogP contribution in [0.25, 0.3) is 0 Å². The van der Waals surface area contributed by atoms with Gasteiger partial charge in [0.15, 0.2) is 0 Å². The van der Waals surface area contributed by atoms with Crippen LogP contribution in [0.5, 0.6) is 0 Å². The summed E-state index contributed by atoms with van der Waals surface area (Å²) in [6, 6.07) is 0.315. The first-order valence-corrected chi connectivity index (χ1v) is 6.53. The summed E-state index contributed by atoms with van der Waals surface area (Å²) in [7, 11) is 3.69. The van der Waals surface area contributed by atoms with Gasteiger partial charge in [0.2, 0.25) is 0 Å². The Morgan fingerprint density at radius 2 is 2.41 bits per heavy atom. The average Bonchev–Trinajstić information content (AvgIpc) is 2.62. The quantitative estimate of drug-likeness (QED) is 0.850. The molecular weight excluding hydrogens is 238 g/mol. The minimum Gasteiger partial charge on any atom is -0.383 e. The number of nitrogens with one attached hydrogen (secondary N) is 1. The largest absolute Gasteiger partial charge is 0.383 e. The SMILES string of the molecule is CNC(c1c(Cl)cnn1CCOC)C1CCC1. The smallest absolute Gasteiger partial charge is 0.0834 e. The molecule has 17 heavy (non-hydrogen) atoms. The number of ether oxygens (including phenoxy) is 1. The lowest BCUT2D eigenvalue weighted by molar-refractivity contribution is 0.177. The first-order chi connectivity index (χ1) is 8.27. The van der Waals surface area contributed by atoms with Crippen molar-refractivity contribution in [2.75, 3.05) is 20.8 Å². The molecule has 1 saturated carbocycles. The van der Waals surface area contributed by atoms with Crippen LogP contribution in [0.3, 0.4) is 0 Å². The second kappa shape index (κ2) is 5.85. The fourth-order valence-corrected chi connectivity index (χ4v) is 2.66. The van der Waals surface area contributed by atoms with Gasteiger partial charge in [-0.25, -0.2) is 0 Å². The monoisotopic (exact) mass is 257 g/mol. The topological polar surface area (TPSA) is 39.1 Å². The summed E-state index contributed by atoms with van der Waals surface area (Å²) in [6.07, 6.45) is 5.61. The predicted molar refractivity (Wildman–Crippen MR) is 68.3 cm³/mol. The van der Waals surface area contributed by atoms with Gasteiger partial charge in [-0.1, -0.05) is 18.0 Å². The molecule has 0 spiro atoms. The van der Waals surface area contributed by atoms with E-state index in [1.54, 1.807) is 13.3 Å². The van der Waals surface area contributed by atoms with Gasteiger partial charge in [0.05, 0.1) is 36.1 Å². The maximum absolute atomic E-state index is 6.26. The van der Waals surface area contributed by atoms with Crippen LogP contribution in [0.4, 0.5) is 0 Å². The van der Waals surface area contributed by atoms with Gasteiger partial charge in [-0.2, -0.15) is 5.10 Å². The highest BCUT2D eigenvalue weighted by atomic mass is 35.5. The molecule has 0 amide bonds. The molecule has 1 unspecified atom stereocenters. The standard InChI is InChI=1S/C12H20ClN3O/c1-14-11(9-4-3-5-9)12-10(13)8-15-16(12)6-7-17-2/h8-9,11,14H,3-7H2,1-2H3. The number of aromatic nitrogens is 2. The van der Waals surface area contributed by atoms with Gasteiger partial charge in [0, 0.05) is 7.11 Å². The van der Waals surface area contributed by atoms with Gasteiger partial charge in [-0.3, -0.25) is 4.68 Å². The third kappa shape index (κ3) is 2.64. The summed E-state index contributed by atoms with van der Waals surface area (Å²) in [5.74, 6) is 0.690. The van der Waals surface area contributed by atoms with Crippen LogP contribution in [-0.2, 0) is 11.3 Å². The number of hydrogen-bond donors (Lipinski definition) is 1. The highest BCUT2D eigenvalue weighted by molar-refractivity contribution is 6.31. The van der Waals surface area contributed by atoms with Crippen molar-refractivity contribution < 1.29 is 4.74 Å². The summed E-state index contributed by atoms with van der Waals surface area (Å²) in [4.78, 5) is 0. The summed E-state index contributed by atoms with van der Waals surface area (Å²) in [6.45, 7) is 1.41. The van der Waals surface area contributed by atoms with E-state index >= 15 is 0 Å². The van der Waals surface area contributed by atoms with Gasteiger partial charge in [0.25, 0.3) is 0 Å². The van der Waals surface area contributed by atoms with E-state index in [1.807, 2.05) is 11.7 Å².